The molecule has 0 saturated heterocycles. The van der Waals surface area contributed by atoms with E-state index in [1.807, 2.05) is 6.92 Å². The third-order valence-electron chi connectivity index (χ3n) is 1.71. The molecule has 0 aliphatic heterocycles. The van der Waals surface area contributed by atoms with Crippen LogP contribution in [0.25, 0.3) is 0 Å². The molecule has 0 atom stereocenters. The zero-order chi connectivity index (χ0) is 12.4. The van der Waals surface area contributed by atoms with E-state index < -0.39 is 5.97 Å². The maximum atomic E-state index is 11.3. The van der Waals surface area contributed by atoms with Crippen LogP contribution < -0.4 is 0 Å². The molecule has 0 spiro atoms. The predicted molar refractivity (Wildman–Crippen MR) is 63.8 cm³/mol. The van der Waals surface area contributed by atoms with Crippen molar-refractivity contribution in [1.82, 2.24) is 9.97 Å². The topological polar surface area (TPSA) is 65.2 Å². The Balaban J connectivity index is 2.20. The number of thiazole rings is 1. The summed E-state index contributed by atoms with van der Waals surface area (Å²) in [6.45, 7) is 1.82. The third-order valence-corrected chi connectivity index (χ3v) is 4.05. The van der Waals surface area contributed by atoms with Crippen molar-refractivity contribution in [3.63, 3.8) is 0 Å². The van der Waals surface area contributed by atoms with Gasteiger partial charge in [-0.3, -0.25) is 0 Å². The van der Waals surface area contributed by atoms with Gasteiger partial charge in [0.25, 0.3) is 5.22 Å². The van der Waals surface area contributed by atoms with Gasteiger partial charge in [-0.1, -0.05) is 22.9 Å². The van der Waals surface area contributed by atoms with Crippen LogP contribution in [-0.4, -0.2) is 23.0 Å². The van der Waals surface area contributed by atoms with E-state index >= 15 is 0 Å². The Morgan fingerprint density at radius 2 is 2.35 bits per heavy atom. The first-order chi connectivity index (χ1) is 8.10. The SMILES string of the molecule is COC(=O)c1sc(Sc2nc(C)co2)nc1Cl. The number of carbonyl (C=O) groups excluding carboxylic acids is 1. The van der Waals surface area contributed by atoms with Crippen LogP contribution in [0.1, 0.15) is 15.4 Å². The van der Waals surface area contributed by atoms with Crippen molar-refractivity contribution < 1.29 is 13.9 Å². The fourth-order valence-electron chi connectivity index (χ4n) is 0.999. The van der Waals surface area contributed by atoms with Gasteiger partial charge in [0.2, 0.25) is 0 Å². The van der Waals surface area contributed by atoms with Gasteiger partial charge in [0.05, 0.1) is 12.8 Å². The summed E-state index contributed by atoms with van der Waals surface area (Å²) in [5, 5.41) is 0.594. The molecular weight excluding hydrogens is 284 g/mol. The van der Waals surface area contributed by atoms with Gasteiger partial charge in [0.15, 0.2) is 14.4 Å². The third kappa shape index (κ3) is 2.80. The van der Waals surface area contributed by atoms with Crippen LogP contribution in [-0.2, 0) is 4.74 Å². The Labute approximate surface area is 110 Å². The summed E-state index contributed by atoms with van der Waals surface area (Å²) < 4.78 is 10.3. The Morgan fingerprint density at radius 3 is 2.94 bits per heavy atom. The zero-order valence-electron chi connectivity index (χ0n) is 8.89. The molecule has 0 aliphatic rings. The first-order valence-corrected chi connectivity index (χ1v) is 6.46. The van der Waals surface area contributed by atoms with E-state index in [1.165, 1.54) is 18.9 Å². The molecule has 8 heteroatoms. The minimum Gasteiger partial charge on any atom is -0.465 e. The molecule has 0 bridgehead atoms. The number of aromatic nitrogens is 2. The van der Waals surface area contributed by atoms with Crippen molar-refractivity contribution in [3.8, 4) is 0 Å². The first-order valence-electron chi connectivity index (χ1n) is 4.44. The van der Waals surface area contributed by atoms with Crippen LogP contribution in [0.5, 0.6) is 0 Å². The second-order valence-electron chi connectivity index (χ2n) is 2.95. The molecule has 5 nitrogen and oxygen atoms in total. The number of hydrogen-bond acceptors (Lipinski definition) is 7. The summed E-state index contributed by atoms with van der Waals surface area (Å²) in [7, 11) is 1.29. The van der Waals surface area contributed by atoms with E-state index in [1.54, 1.807) is 6.26 Å². The highest BCUT2D eigenvalue weighted by atomic mass is 35.5. The lowest BCUT2D eigenvalue weighted by atomic mass is 10.6. The van der Waals surface area contributed by atoms with Gasteiger partial charge >= 0.3 is 5.97 Å². The van der Waals surface area contributed by atoms with Crippen molar-refractivity contribution in [3.05, 3.63) is 22.0 Å². The highest BCUT2D eigenvalue weighted by Gasteiger charge is 2.18. The number of methoxy groups -OCH3 is 1. The summed E-state index contributed by atoms with van der Waals surface area (Å²) in [5.74, 6) is -0.497. The lowest BCUT2D eigenvalue weighted by Gasteiger charge is -1.92. The first kappa shape index (κ1) is 12.4. The maximum Gasteiger partial charge on any atom is 0.351 e. The standard InChI is InChI=1S/C9H7ClN2O3S2/c1-4-3-15-8(11-4)17-9-12-6(10)5(16-9)7(13)14-2/h3H,1-2H3. The minimum atomic E-state index is -0.497. The molecule has 2 rings (SSSR count). The lowest BCUT2D eigenvalue weighted by Crippen LogP contribution is -1.98. The monoisotopic (exact) mass is 290 g/mol. The fourth-order valence-corrected chi connectivity index (χ4v) is 3.19. The molecule has 0 fully saturated rings. The second-order valence-corrected chi connectivity index (χ2v) is 5.50. The molecule has 2 aromatic rings. The van der Waals surface area contributed by atoms with Gasteiger partial charge in [-0.2, -0.15) is 0 Å². The molecule has 0 aromatic carbocycles. The van der Waals surface area contributed by atoms with E-state index in [2.05, 4.69) is 14.7 Å². The summed E-state index contributed by atoms with van der Waals surface area (Å²) in [5.41, 5.74) is 0.781. The van der Waals surface area contributed by atoms with E-state index in [-0.39, 0.29) is 10.0 Å². The number of nitrogens with zero attached hydrogens (tertiary/aromatic N) is 2. The number of esters is 1. The number of rotatable bonds is 3. The van der Waals surface area contributed by atoms with Crippen LogP contribution in [0.15, 0.2) is 20.2 Å². The number of hydrogen-bond donors (Lipinski definition) is 0. The molecule has 2 heterocycles. The molecule has 0 N–H and O–H groups in total. The smallest absolute Gasteiger partial charge is 0.351 e. The van der Waals surface area contributed by atoms with Crippen molar-refractivity contribution in [2.24, 2.45) is 0 Å². The van der Waals surface area contributed by atoms with Crippen molar-refractivity contribution in [2.45, 2.75) is 16.5 Å². The molecule has 90 valence electrons. The van der Waals surface area contributed by atoms with Crippen LogP contribution in [0.2, 0.25) is 5.15 Å². The maximum absolute atomic E-state index is 11.3. The van der Waals surface area contributed by atoms with Crippen molar-refractivity contribution in [1.29, 1.82) is 0 Å². The number of aryl methyl sites for hydroxylation is 1. The van der Waals surface area contributed by atoms with Gasteiger partial charge in [0, 0.05) is 11.8 Å². The minimum absolute atomic E-state index is 0.132. The highest BCUT2D eigenvalue weighted by Crippen LogP contribution is 2.34. The fraction of sp³-hybridized carbons (Fsp3) is 0.222. The van der Waals surface area contributed by atoms with E-state index in [9.17, 15) is 4.79 Å². The molecule has 0 aliphatic carbocycles. The summed E-state index contributed by atoms with van der Waals surface area (Å²) >= 11 is 8.17. The second kappa shape index (κ2) is 5.07. The lowest BCUT2D eigenvalue weighted by molar-refractivity contribution is 0.0606. The average Bonchev–Trinajstić information content (AvgIpc) is 2.85. The summed E-state index contributed by atoms with van der Waals surface area (Å²) in [6.07, 6.45) is 1.54. The predicted octanol–water partition coefficient (Wildman–Crippen LogP) is 3.03. The highest BCUT2D eigenvalue weighted by molar-refractivity contribution is 8.00. The summed E-state index contributed by atoms with van der Waals surface area (Å²) in [4.78, 5) is 19.7. The summed E-state index contributed by atoms with van der Waals surface area (Å²) in [6, 6.07) is 0. The molecule has 17 heavy (non-hydrogen) atoms. The van der Waals surface area contributed by atoms with Gasteiger partial charge < -0.3 is 9.15 Å². The molecule has 0 amide bonds. The Morgan fingerprint density at radius 1 is 1.59 bits per heavy atom. The van der Waals surface area contributed by atoms with Gasteiger partial charge in [-0.15, -0.1) is 0 Å². The van der Waals surface area contributed by atoms with Gasteiger partial charge in [0.1, 0.15) is 6.26 Å². The Kier molecular flexibility index (Phi) is 3.70. The van der Waals surface area contributed by atoms with Crippen molar-refractivity contribution >= 4 is 40.7 Å². The van der Waals surface area contributed by atoms with Gasteiger partial charge in [-0.25, -0.2) is 14.8 Å². The van der Waals surface area contributed by atoms with E-state index in [0.717, 1.165) is 17.0 Å². The quantitative estimate of drug-likeness (QED) is 0.810. The zero-order valence-corrected chi connectivity index (χ0v) is 11.3. The van der Waals surface area contributed by atoms with Crippen LogP contribution in [0, 0.1) is 6.92 Å². The van der Waals surface area contributed by atoms with Crippen LogP contribution >= 0.6 is 34.7 Å². The number of ether oxygens (including phenoxy) is 1. The van der Waals surface area contributed by atoms with E-state index in [0.29, 0.717) is 9.56 Å². The number of halogens is 1. The average molecular weight is 291 g/mol. The molecule has 2 aromatic heterocycles. The number of oxazole rings is 1. The Hall–Kier alpha value is -1.05. The van der Waals surface area contributed by atoms with Crippen molar-refractivity contribution in [2.75, 3.05) is 7.11 Å². The molecule has 0 radical (unpaired) electrons. The van der Waals surface area contributed by atoms with Crippen LogP contribution in [0.3, 0.4) is 0 Å². The van der Waals surface area contributed by atoms with Crippen LogP contribution in [0.4, 0.5) is 0 Å². The molecular formula is C9H7ClN2O3S2. The van der Waals surface area contributed by atoms with Gasteiger partial charge in [-0.05, 0) is 6.92 Å². The number of carbonyl (C=O) groups is 1. The largest absolute Gasteiger partial charge is 0.465 e. The Bertz CT molecular complexity index is 552. The molecule has 0 saturated carbocycles. The normalized spacial score (nSPS) is 10.5. The molecule has 0 unspecified atom stereocenters. The van der Waals surface area contributed by atoms with E-state index in [4.69, 9.17) is 16.0 Å².